The summed E-state index contributed by atoms with van der Waals surface area (Å²) in [6, 6.07) is 11.3. The maximum atomic E-state index is 14.4. The Morgan fingerprint density at radius 2 is 1.71 bits per heavy atom. The van der Waals surface area contributed by atoms with Crippen LogP contribution in [-0.2, 0) is 35.3 Å². The SMILES string of the molecule is CCC[C@H]1C[C@]1(NC(=O)[C@@H]1C[C@@H](OCc2cccc3ccccc23)CN1C(=O)[C@@H](NC(=O)[C@@H](NC(C)=O)C1CCCCC1)C(C)C)C(=O)O. The zero-order valence-corrected chi connectivity index (χ0v) is 29.2. The number of carboxylic acids is 1. The molecule has 0 radical (unpaired) electrons. The number of benzene rings is 2. The summed E-state index contributed by atoms with van der Waals surface area (Å²) < 4.78 is 6.37. The Morgan fingerprint density at radius 1 is 1.00 bits per heavy atom. The van der Waals surface area contributed by atoms with Crippen LogP contribution in [0.5, 0.6) is 0 Å². The quantitative estimate of drug-likeness (QED) is 0.233. The molecule has 6 atom stereocenters. The highest BCUT2D eigenvalue weighted by atomic mass is 16.5. The van der Waals surface area contributed by atoms with E-state index < -0.39 is 53.5 Å². The first-order valence-corrected chi connectivity index (χ1v) is 18.0. The van der Waals surface area contributed by atoms with E-state index in [0.717, 1.165) is 54.9 Å². The molecule has 2 aromatic carbocycles. The number of ether oxygens (including phenoxy) is 1. The number of aliphatic carboxylic acids is 1. The summed E-state index contributed by atoms with van der Waals surface area (Å²) in [5, 5.41) is 20.8. The Hall–Kier alpha value is -3.99. The van der Waals surface area contributed by atoms with Crippen LogP contribution < -0.4 is 16.0 Å². The van der Waals surface area contributed by atoms with Gasteiger partial charge in [0.25, 0.3) is 0 Å². The summed E-state index contributed by atoms with van der Waals surface area (Å²) >= 11 is 0. The lowest BCUT2D eigenvalue weighted by molar-refractivity contribution is -0.146. The lowest BCUT2D eigenvalue weighted by atomic mass is 9.83. The predicted molar refractivity (Wildman–Crippen MR) is 185 cm³/mol. The molecule has 3 fully saturated rings. The number of hydrogen-bond donors (Lipinski definition) is 4. The molecule has 5 rings (SSSR count). The van der Waals surface area contributed by atoms with Gasteiger partial charge >= 0.3 is 5.97 Å². The van der Waals surface area contributed by atoms with Crippen molar-refractivity contribution in [3.63, 3.8) is 0 Å². The average Bonchev–Trinajstić information content (AvgIpc) is 3.60. The lowest BCUT2D eigenvalue weighted by Crippen LogP contribution is -2.60. The van der Waals surface area contributed by atoms with Crippen molar-refractivity contribution in [2.24, 2.45) is 17.8 Å². The van der Waals surface area contributed by atoms with Crippen molar-refractivity contribution >= 4 is 40.4 Å². The molecule has 11 nitrogen and oxygen atoms in total. The number of fused-ring (bicyclic) bond motifs is 1. The first-order valence-electron chi connectivity index (χ1n) is 18.0. The molecule has 4 N–H and O–H groups in total. The predicted octanol–water partition coefficient (Wildman–Crippen LogP) is 4.31. The van der Waals surface area contributed by atoms with Crippen LogP contribution in [0.4, 0.5) is 0 Å². The maximum Gasteiger partial charge on any atom is 0.329 e. The summed E-state index contributed by atoms with van der Waals surface area (Å²) in [6.07, 6.45) is 6.17. The van der Waals surface area contributed by atoms with Crippen LogP contribution in [0, 0.1) is 17.8 Å². The fourth-order valence-electron chi connectivity index (χ4n) is 7.85. The minimum absolute atomic E-state index is 0.0282. The molecule has 1 saturated heterocycles. The van der Waals surface area contributed by atoms with Gasteiger partial charge in [-0.1, -0.05) is 88.9 Å². The van der Waals surface area contributed by atoms with Gasteiger partial charge in [-0.05, 0) is 59.8 Å². The number of carboxylic acid groups (broad SMARTS) is 1. The van der Waals surface area contributed by atoms with Gasteiger partial charge in [0, 0.05) is 19.9 Å². The van der Waals surface area contributed by atoms with Crippen molar-refractivity contribution in [1.29, 1.82) is 0 Å². The van der Waals surface area contributed by atoms with Crippen LogP contribution in [0.3, 0.4) is 0 Å². The van der Waals surface area contributed by atoms with E-state index in [4.69, 9.17) is 4.74 Å². The van der Waals surface area contributed by atoms with Gasteiger partial charge in [-0.25, -0.2) is 4.79 Å². The van der Waals surface area contributed by atoms with Crippen molar-refractivity contribution in [3.05, 3.63) is 48.0 Å². The third-order valence-electron chi connectivity index (χ3n) is 10.7. The molecule has 11 heteroatoms. The third kappa shape index (κ3) is 8.25. The molecule has 3 aliphatic rings. The molecular weight excluding hydrogens is 624 g/mol. The zero-order valence-electron chi connectivity index (χ0n) is 29.2. The molecule has 49 heavy (non-hydrogen) atoms. The minimum Gasteiger partial charge on any atom is -0.479 e. The molecule has 0 aromatic heterocycles. The van der Waals surface area contributed by atoms with Crippen LogP contribution in [0.1, 0.15) is 91.0 Å². The van der Waals surface area contributed by atoms with Gasteiger partial charge in [0.1, 0.15) is 23.7 Å². The van der Waals surface area contributed by atoms with E-state index in [1.165, 1.54) is 11.8 Å². The highest BCUT2D eigenvalue weighted by Gasteiger charge is 2.62. The smallest absolute Gasteiger partial charge is 0.329 e. The molecule has 0 unspecified atom stereocenters. The van der Waals surface area contributed by atoms with Crippen molar-refractivity contribution < 1.29 is 33.8 Å². The molecule has 2 aromatic rings. The van der Waals surface area contributed by atoms with Gasteiger partial charge < -0.3 is 30.7 Å². The molecule has 1 heterocycles. The number of rotatable bonds is 14. The van der Waals surface area contributed by atoms with Gasteiger partial charge in [0.2, 0.25) is 23.6 Å². The van der Waals surface area contributed by atoms with Crippen molar-refractivity contribution in [1.82, 2.24) is 20.9 Å². The van der Waals surface area contributed by atoms with E-state index in [0.29, 0.717) is 12.8 Å². The fraction of sp³-hybridized carbons (Fsp3) is 0.605. The van der Waals surface area contributed by atoms with Gasteiger partial charge in [0.05, 0.1) is 12.7 Å². The molecular formula is C38H52N4O7. The van der Waals surface area contributed by atoms with Crippen molar-refractivity contribution in [2.45, 2.75) is 122 Å². The molecule has 4 amide bonds. The largest absolute Gasteiger partial charge is 0.479 e. The first kappa shape index (κ1) is 36.3. The number of hydrogen-bond acceptors (Lipinski definition) is 6. The minimum atomic E-state index is -1.35. The highest BCUT2D eigenvalue weighted by molar-refractivity contribution is 5.97. The van der Waals surface area contributed by atoms with E-state index in [9.17, 15) is 29.1 Å². The van der Waals surface area contributed by atoms with E-state index in [-0.39, 0.29) is 43.2 Å². The van der Waals surface area contributed by atoms with Crippen molar-refractivity contribution in [2.75, 3.05) is 6.54 Å². The number of nitrogens with zero attached hydrogens (tertiary/aromatic N) is 1. The number of nitrogens with one attached hydrogen (secondary N) is 3. The average molecular weight is 677 g/mol. The second-order valence-electron chi connectivity index (χ2n) is 14.6. The van der Waals surface area contributed by atoms with E-state index in [1.807, 2.05) is 63.2 Å². The molecule has 1 aliphatic heterocycles. The van der Waals surface area contributed by atoms with Crippen LogP contribution in [-0.4, -0.2) is 75.9 Å². The number of likely N-dealkylation sites (tertiary alicyclic amines) is 1. The summed E-state index contributed by atoms with van der Waals surface area (Å²) in [6.45, 7) is 7.40. The molecule has 0 bridgehead atoms. The molecule has 2 saturated carbocycles. The molecule has 2 aliphatic carbocycles. The third-order valence-corrected chi connectivity index (χ3v) is 10.7. The fourth-order valence-corrected chi connectivity index (χ4v) is 7.85. The summed E-state index contributed by atoms with van der Waals surface area (Å²) in [4.78, 5) is 68.1. The zero-order chi connectivity index (χ0) is 35.3. The molecule has 266 valence electrons. The topological polar surface area (TPSA) is 154 Å². The summed E-state index contributed by atoms with van der Waals surface area (Å²) in [7, 11) is 0. The van der Waals surface area contributed by atoms with Gasteiger partial charge in [-0.2, -0.15) is 0 Å². The second-order valence-corrected chi connectivity index (χ2v) is 14.6. The maximum absolute atomic E-state index is 14.4. The monoisotopic (exact) mass is 676 g/mol. The Labute approximate surface area is 288 Å². The van der Waals surface area contributed by atoms with Crippen LogP contribution in [0.15, 0.2) is 42.5 Å². The van der Waals surface area contributed by atoms with Crippen molar-refractivity contribution in [3.8, 4) is 0 Å². The standard InChI is InChI=1S/C38H52N4O7/c1-5-12-28-20-38(28,37(47)48)41-34(44)31-19-29(49-22-27-17-11-16-25-13-9-10-18-30(25)27)21-42(31)36(46)32(23(2)3)40-35(45)33(39-24(4)43)26-14-7-6-8-15-26/h9-11,13,16-18,23,26,28-29,31-33H,5-8,12,14-15,19-22H2,1-4H3,(H,39,43)(H,40,45)(H,41,44)(H,47,48)/t28-,29+,31-,32-,33-,38+/m0/s1. The normalized spacial score (nSPS) is 25.1. The Kier molecular flexibility index (Phi) is 11.6. The van der Waals surface area contributed by atoms with E-state index in [2.05, 4.69) is 16.0 Å². The number of carbonyl (C=O) groups is 5. The summed E-state index contributed by atoms with van der Waals surface area (Å²) in [5.41, 5.74) is -0.367. The Bertz CT molecular complexity index is 1530. The first-order chi connectivity index (χ1) is 23.4. The Morgan fingerprint density at radius 3 is 2.39 bits per heavy atom. The van der Waals surface area contributed by atoms with Gasteiger partial charge in [-0.15, -0.1) is 0 Å². The van der Waals surface area contributed by atoms with Gasteiger partial charge in [-0.3, -0.25) is 19.2 Å². The molecule has 0 spiro atoms. The van der Waals surface area contributed by atoms with Crippen LogP contribution in [0.25, 0.3) is 10.8 Å². The lowest BCUT2D eigenvalue weighted by Gasteiger charge is -2.34. The van der Waals surface area contributed by atoms with E-state index >= 15 is 0 Å². The Balaban J connectivity index is 1.37. The van der Waals surface area contributed by atoms with Gasteiger partial charge in [0.15, 0.2) is 0 Å². The van der Waals surface area contributed by atoms with Crippen LogP contribution in [0.2, 0.25) is 0 Å². The van der Waals surface area contributed by atoms with E-state index in [1.54, 1.807) is 0 Å². The summed E-state index contributed by atoms with van der Waals surface area (Å²) in [5.74, 6) is -3.29. The van der Waals surface area contributed by atoms with Crippen LogP contribution >= 0.6 is 0 Å². The second kappa shape index (κ2) is 15.7. The highest BCUT2D eigenvalue weighted by Crippen LogP contribution is 2.47. The number of amides is 4. The number of carbonyl (C=O) groups excluding carboxylic acids is 4.